The summed E-state index contributed by atoms with van der Waals surface area (Å²) in [5.74, 6) is 1.57. The number of piperidine rings is 1. The third-order valence-corrected chi connectivity index (χ3v) is 9.70. The lowest BCUT2D eigenvalue weighted by Crippen LogP contribution is -2.52. The SMILES string of the molecule is O=C1CCC(N2Cc3cc(O[C@H]4CCN(Cc5ccc6nc(N7CC8CCO[C@H]8C7)ccc6c5)C4)ccc3C2=O)C(=O)N1. The third kappa shape index (κ3) is 5.02. The van der Waals surface area contributed by atoms with Crippen LogP contribution < -0.4 is 15.0 Å². The second-order valence-electron chi connectivity index (χ2n) is 12.5. The number of hydrogen-bond acceptors (Lipinski definition) is 8. The van der Waals surface area contributed by atoms with Gasteiger partial charge in [-0.2, -0.15) is 0 Å². The molecule has 2 unspecified atom stereocenters. The number of carbonyl (C=O) groups excluding carboxylic acids is 3. The fraction of sp³-hybridized carbons (Fsp3) is 0.455. The van der Waals surface area contributed by atoms with E-state index in [1.165, 1.54) is 5.56 Å². The molecule has 4 atom stereocenters. The van der Waals surface area contributed by atoms with Crippen molar-refractivity contribution in [1.29, 1.82) is 0 Å². The lowest BCUT2D eigenvalue weighted by molar-refractivity contribution is -0.136. The fourth-order valence-electron chi connectivity index (χ4n) is 7.42. The Balaban J connectivity index is 0.877. The van der Waals surface area contributed by atoms with Gasteiger partial charge < -0.3 is 19.3 Å². The van der Waals surface area contributed by atoms with Crippen molar-refractivity contribution < 1.29 is 23.9 Å². The number of fused-ring (bicyclic) bond motifs is 3. The summed E-state index contributed by atoms with van der Waals surface area (Å²) in [6.45, 7) is 5.83. The minimum absolute atomic E-state index is 0.0648. The van der Waals surface area contributed by atoms with E-state index in [2.05, 4.69) is 45.4 Å². The van der Waals surface area contributed by atoms with Gasteiger partial charge in [0.2, 0.25) is 11.8 Å². The molecular formula is C33H35N5O5. The number of aromatic nitrogens is 1. The average Bonchev–Trinajstić information content (AvgIpc) is 3.78. The Morgan fingerprint density at radius 1 is 0.977 bits per heavy atom. The van der Waals surface area contributed by atoms with E-state index in [4.69, 9.17) is 14.5 Å². The largest absolute Gasteiger partial charge is 0.489 e. The summed E-state index contributed by atoms with van der Waals surface area (Å²) in [5.41, 5.74) is 3.74. The molecule has 0 saturated carbocycles. The highest BCUT2D eigenvalue weighted by Gasteiger charge is 2.40. The van der Waals surface area contributed by atoms with Crippen LogP contribution in [0.5, 0.6) is 5.75 Å². The quantitative estimate of drug-likeness (QED) is 0.444. The van der Waals surface area contributed by atoms with Crippen molar-refractivity contribution in [3.8, 4) is 5.75 Å². The molecule has 4 fully saturated rings. The van der Waals surface area contributed by atoms with Gasteiger partial charge in [-0.3, -0.25) is 24.6 Å². The number of nitrogens with zero attached hydrogens (tertiary/aromatic N) is 4. The maximum absolute atomic E-state index is 13.0. The van der Waals surface area contributed by atoms with Crippen LogP contribution in [-0.4, -0.2) is 83.5 Å². The number of carbonyl (C=O) groups is 3. The van der Waals surface area contributed by atoms with Crippen molar-refractivity contribution in [1.82, 2.24) is 20.1 Å². The molecule has 5 aliphatic rings. The van der Waals surface area contributed by atoms with Crippen LogP contribution in [0.15, 0.2) is 48.5 Å². The van der Waals surface area contributed by atoms with E-state index < -0.39 is 11.9 Å². The summed E-state index contributed by atoms with van der Waals surface area (Å²) in [6.07, 6.45) is 3.11. The summed E-state index contributed by atoms with van der Waals surface area (Å²) in [7, 11) is 0. The molecule has 8 rings (SSSR count). The molecule has 0 spiro atoms. The summed E-state index contributed by atoms with van der Waals surface area (Å²) >= 11 is 0. The van der Waals surface area contributed by atoms with E-state index in [0.717, 1.165) is 80.2 Å². The molecule has 10 nitrogen and oxygen atoms in total. The lowest BCUT2D eigenvalue weighted by Gasteiger charge is -2.29. The zero-order chi connectivity index (χ0) is 29.1. The smallest absolute Gasteiger partial charge is 0.255 e. The molecule has 0 radical (unpaired) electrons. The first-order valence-electron chi connectivity index (χ1n) is 15.4. The lowest BCUT2D eigenvalue weighted by atomic mass is 10.0. The first kappa shape index (κ1) is 26.6. The van der Waals surface area contributed by atoms with Crippen LogP contribution in [0.4, 0.5) is 5.82 Å². The predicted molar refractivity (Wildman–Crippen MR) is 159 cm³/mol. The summed E-state index contributed by atoms with van der Waals surface area (Å²) in [5, 5.41) is 3.51. The van der Waals surface area contributed by atoms with Gasteiger partial charge in [-0.05, 0) is 72.9 Å². The van der Waals surface area contributed by atoms with E-state index in [9.17, 15) is 14.4 Å². The number of likely N-dealkylation sites (tertiary alicyclic amines) is 1. The minimum Gasteiger partial charge on any atom is -0.489 e. The molecule has 1 N–H and O–H groups in total. The maximum atomic E-state index is 13.0. The molecule has 5 aliphatic heterocycles. The third-order valence-electron chi connectivity index (χ3n) is 9.70. The van der Waals surface area contributed by atoms with Crippen molar-refractivity contribution in [2.45, 2.75) is 57.0 Å². The standard InChI is InChI=1S/C33H35N5O5/c39-31-8-6-28(32(40)35-31)38-17-23-14-24(3-4-26(23)33(38)41)43-25-9-11-36(18-25)15-20-1-5-27-21(13-20)2-7-30(34-27)37-16-22-10-12-42-29(22)19-37/h1-5,7,13-14,22,25,28-29H,6,8-12,15-19H2,(H,35,39,40)/t22?,25-,28?,29-/m0/s1. The highest BCUT2D eigenvalue weighted by molar-refractivity contribution is 6.05. The first-order chi connectivity index (χ1) is 21.0. The number of hydrogen-bond donors (Lipinski definition) is 1. The molecule has 2 aromatic carbocycles. The van der Waals surface area contributed by atoms with Crippen LogP contribution >= 0.6 is 0 Å². The minimum atomic E-state index is -0.613. The number of imide groups is 1. The maximum Gasteiger partial charge on any atom is 0.255 e. The zero-order valence-corrected chi connectivity index (χ0v) is 24.0. The topological polar surface area (TPSA) is 104 Å². The van der Waals surface area contributed by atoms with Gasteiger partial charge in [0, 0.05) is 69.2 Å². The van der Waals surface area contributed by atoms with Crippen LogP contribution in [0.3, 0.4) is 0 Å². The van der Waals surface area contributed by atoms with Gasteiger partial charge in [-0.1, -0.05) is 6.07 Å². The summed E-state index contributed by atoms with van der Waals surface area (Å²) in [6, 6.07) is 15.8. The van der Waals surface area contributed by atoms with E-state index >= 15 is 0 Å². The van der Waals surface area contributed by atoms with Crippen molar-refractivity contribution >= 4 is 34.4 Å². The van der Waals surface area contributed by atoms with Crippen LogP contribution in [-0.2, 0) is 27.4 Å². The molecule has 3 amide bonds. The fourth-order valence-corrected chi connectivity index (χ4v) is 7.42. The van der Waals surface area contributed by atoms with Crippen LogP contribution in [0.25, 0.3) is 10.9 Å². The molecule has 6 heterocycles. The number of ether oxygens (including phenoxy) is 2. The molecule has 222 valence electrons. The van der Waals surface area contributed by atoms with Crippen LogP contribution in [0.1, 0.15) is 47.2 Å². The van der Waals surface area contributed by atoms with Gasteiger partial charge in [0.25, 0.3) is 5.91 Å². The molecule has 4 saturated heterocycles. The van der Waals surface area contributed by atoms with E-state index in [1.54, 1.807) is 11.0 Å². The number of pyridine rings is 1. The van der Waals surface area contributed by atoms with E-state index in [0.29, 0.717) is 30.6 Å². The van der Waals surface area contributed by atoms with Crippen molar-refractivity contribution in [2.24, 2.45) is 5.92 Å². The summed E-state index contributed by atoms with van der Waals surface area (Å²) < 4.78 is 12.2. The zero-order valence-electron chi connectivity index (χ0n) is 24.0. The molecule has 1 aromatic heterocycles. The van der Waals surface area contributed by atoms with Crippen LogP contribution in [0, 0.1) is 5.92 Å². The first-order valence-corrected chi connectivity index (χ1v) is 15.4. The second kappa shape index (κ2) is 10.6. The molecule has 0 aliphatic carbocycles. The van der Waals surface area contributed by atoms with Crippen molar-refractivity contribution in [2.75, 3.05) is 37.7 Å². The second-order valence-corrected chi connectivity index (χ2v) is 12.5. The number of anilines is 1. The van der Waals surface area contributed by atoms with Crippen LogP contribution in [0.2, 0.25) is 0 Å². The average molecular weight is 582 g/mol. The molecular weight excluding hydrogens is 546 g/mol. The molecule has 0 bridgehead atoms. The Morgan fingerprint density at radius 3 is 2.79 bits per heavy atom. The van der Waals surface area contributed by atoms with Gasteiger partial charge >= 0.3 is 0 Å². The molecule has 43 heavy (non-hydrogen) atoms. The number of nitrogens with one attached hydrogen (secondary N) is 1. The van der Waals surface area contributed by atoms with E-state index in [-0.39, 0.29) is 24.3 Å². The van der Waals surface area contributed by atoms with Gasteiger partial charge in [0.05, 0.1) is 11.6 Å². The molecule has 3 aromatic rings. The summed E-state index contributed by atoms with van der Waals surface area (Å²) in [4.78, 5) is 48.2. The Morgan fingerprint density at radius 2 is 1.91 bits per heavy atom. The van der Waals surface area contributed by atoms with Gasteiger partial charge in [-0.25, -0.2) is 4.98 Å². The van der Waals surface area contributed by atoms with Gasteiger partial charge in [0.15, 0.2) is 0 Å². The Bertz CT molecular complexity index is 1610. The Hall–Kier alpha value is -4.02. The highest BCUT2D eigenvalue weighted by Crippen LogP contribution is 2.33. The predicted octanol–water partition coefficient (Wildman–Crippen LogP) is 2.87. The van der Waals surface area contributed by atoms with Gasteiger partial charge in [0.1, 0.15) is 23.7 Å². The van der Waals surface area contributed by atoms with E-state index in [1.807, 2.05) is 12.1 Å². The number of amides is 3. The normalized spacial score (nSPS) is 27.2. The Labute approximate surface area is 249 Å². The monoisotopic (exact) mass is 581 g/mol. The highest BCUT2D eigenvalue weighted by atomic mass is 16.5. The van der Waals surface area contributed by atoms with Crippen molar-refractivity contribution in [3.05, 3.63) is 65.2 Å². The number of rotatable bonds is 6. The number of benzene rings is 2. The van der Waals surface area contributed by atoms with Gasteiger partial charge in [-0.15, -0.1) is 0 Å². The Kier molecular flexibility index (Phi) is 6.56. The molecule has 10 heteroatoms. The van der Waals surface area contributed by atoms with Crippen molar-refractivity contribution in [3.63, 3.8) is 0 Å².